The molecule has 26 heavy (non-hydrogen) atoms. The summed E-state index contributed by atoms with van der Waals surface area (Å²) < 4.78 is 11.9. The normalized spacial score (nSPS) is 18.7. The minimum Gasteiger partial charge on any atom is -0.507 e. The van der Waals surface area contributed by atoms with E-state index in [9.17, 15) is 10.2 Å². The molecule has 2 unspecified atom stereocenters. The Bertz CT molecular complexity index is 877. The largest absolute Gasteiger partial charge is 0.507 e. The first-order chi connectivity index (χ1) is 12.7. The molecule has 0 aromatic heterocycles. The molecule has 0 bridgehead atoms. The van der Waals surface area contributed by atoms with Gasteiger partial charge in [-0.25, -0.2) is 0 Å². The Morgan fingerprint density at radius 3 is 2.38 bits per heavy atom. The summed E-state index contributed by atoms with van der Waals surface area (Å²) in [4.78, 5) is 0. The smallest absolute Gasteiger partial charge is 0.133 e. The molecular weight excluding hydrogens is 328 g/mol. The molecule has 1 aliphatic heterocycles. The number of aliphatic hydroxyl groups excluding tert-OH is 1. The summed E-state index contributed by atoms with van der Waals surface area (Å²) in [5.74, 6) is 0.955. The van der Waals surface area contributed by atoms with Gasteiger partial charge in [0.2, 0.25) is 0 Å². The van der Waals surface area contributed by atoms with Gasteiger partial charge in [-0.1, -0.05) is 60.7 Å². The molecule has 0 saturated heterocycles. The van der Waals surface area contributed by atoms with E-state index in [-0.39, 0.29) is 11.9 Å². The molecule has 3 aromatic carbocycles. The molecule has 2 atom stereocenters. The first-order valence-corrected chi connectivity index (χ1v) is 8.64. The predicted octanol–water partition coefficient (Wildman–Crippen LogP) is 4.53. The van der Waals surface area contributed by atoms with Gasteiger partial charge >= 0.3 is 0 Å². The Morgan fingerprint density at radius 2 is 1.65 bits per heavy atom. The van der Waals surface area contributed by atoms with Crippen LogP contribution in [0.5, 0.6) is 17.2 Å². The zero-order chi connectivity index (χ0) is 17.9. The molecule has 4 rings (SSSR count). The number of ether oxygens (including phenoxy) is 2. The SMILES string of the molecule is Oc1cc(OCc2ccccc2)cc2c1C(O)CC(c1ccccc1)O2. The Labute approximate surface area is 152 Å². The van der Waals surface area contributed by atoms with Crippen molar-refractivity contribution >= 4 is 0 Å². The molecule has 2 N–H and O–H groups in total. The Hall–Kier alpha value is -2.98. The van der Waals surface area contributed by atoms with Gasteiger partial charge in [-0.05, 0) is 11.1 Å². The summed E-state index contributed by atoms with van der Waals surface area (Å²) in [7, 11) is 0. The number of benzene rings is 3. The maximum absolute atomic E-state index is 10.5. The van der Waals surface area contributed by atoms with Crippen LogP contribution in [0.3, 0.4) is 0 Å². The van der Waals surface area contributed by atoms with Crippen molar-refractivity contribution in [3.8, 4) is 17.2 Å². The lowest BCUT2D eigenvalue weighted by Crippen LogP contribution is -2.19. The number of phenols is 1. The zero-order valence-electron chi connectivity index (χ0n) is 14.2. The quantitative estimate of drug-likeness (QED) is 0.727. The average Bonchev–Trinajstić information content (AvgIpc) is 2.67. The van der Waals surface area contributed by atoms with E-state index in [0.29, 0.717) is 30.1 Å². The van der Waals surface area contributed by atoms with E-state index in [1.54, 1.807) is 6.07 Å². The Kier molecular flexibility index (Phi) is 4.50. The molecule has 0 fully saturated rings. The van der Waals surface area contributed by atoms with E-state index >= 15 is 0 Å². The molecule has 132 valence electrons. The van der Waals surface area contributed by atoms with Crippen molar-refractivity contribution in [2.45, 2.75) is 25.2 Å². The van der Waals surface area contributed by atoms with Crippen molar-refractivity contribution in [2.75, 3.05) is 0 Å². The number of rotatable bonds is 4. The Morgan fingerprint density at radius 1 is 0.962 bits per heavy atom. The predicted molar refractivity (Wildman–Crippen MR) is 98.3 cm³/mol. The van der Waals surface area contributed by atoms with Crippen molar-refractivity contribution in [3.63, 3.8) is 0 Å². The molecule has 0 amide bonds. The monoisotopic (exact) mass is 348 g/mol. The third-order valence-corrected chi connectivity index (χ3v) is 4.55. The second-order valence-corrected chi connectivity index (χ2v) is 6.40. The van der Waals surface area contributed by atoms with Gasteiger partial charge in [0.05, 0.1) is 11.7 Å². The summed E-state index contributed by atoms with van der Waals surface area (Å²) in [6.07, 6.45) is -0.649. The average molecular weight is 348 g/mol. The first-order valence-electron chi connectivity index (χ1n) is 8.64. The maximum atomic E-state index is 10.5. The van der Waals surface area contributed by atoms with Crippen LogP contribution in [-0.4, -0.2) is 10.2 Å². The zero-order valence-corrected chi connectivity index (χ0v) is 14.2. The molecule has 1 aliphatic rings. The van der Waals surface area contributed by atoms with E-state index in [1.807, 2.05) is 60.7 Å². The van der Waals surface area contributed by atoms with Crippen molar-refractivity contribution in [3.05, 3.63) is 89.5 Å². The number of hydrogen-bond acceptors (Lipinski definition) is 4. The highest BCUT2D eigenvalue weighted by atomic mass is 16.5. The third-order valence-electron chi connectivity index (χ3n) is 4.55. The fraction of sp³-hybridized carbons (Fsp3) is 0.182. The minimum atomic E-state index is -0.785. The van der Waals surface area contributed by atoms with E-state index in [1.165, 1.54) is 6.07 Å². The Balaban J connectivity index is 1.58. The van der Waals surface area contributed by atoms with Crippen LogP contribution in [0.1, 0.15) is 35.3 Å². The van der Waals surface area contributed by atoms with Crippen LogP contribution in [0.4, 0.5) is 0 Å². The van der Waals surface area contributed by atoms with Crippen molar-refractivity contribution in [1.29, 1.82) is 0 Å². The van der Waals surface area contributed by atoms with E-state index < -0.39 is 6.10 Å². The highest BCUT2D eigenvalue weighted by Gasteiger charge is 2.31. The number of aromatic hydroxyl groups is 1. The lowest BCUT2D eigenvalue weighted by atomic mass is 9.94. The summed E-state index contributed by atoms with van der Waals surface area (Å²) in [6, 6.07) is 22.8. The fourth-order valence-corrected chi connectivity index (χ4v) is 3.24. The van der Waals surface area contributed by atoms with E-state index in [0.717, 1.165) is 11.1 Å². The second-order valence-electron chi connectivity index (χ2n) is 6.40. The van der Waals surface area contributed by atoms with Gasteiger partial charge < -0.3 is 19.7 Å². The third kappa shape index (κ3) is 3.37. The second kappa shape index (κ2) is 7.10. The lowest BCUT2D eigenvalue weighted by Gasteiger charge is -2.30. The summed E-state index contributed by atoms with van der Waals surface area (Å²) in [6.45, 7) is 0.393. The van der Waals surface area contributed by atoms with Gasteiger partial charge in [0.1, 0.15) is 30.0 Å². The molecule has 3 aromatic rings. The number of fused-ring (bicyclic) bond motifs is 1. The van der Waals surface area contributed by atoms with Crippen LogP contribution in [-0.2, 0) is 6.61 Å². The molecule has 4 heteroatoms. The molecule has 0 saturated carbocycles. The van der Waals surface area contributed by atoms with Crippen LogP contribution < -0.4 is 9.47 Å². The number of hydrogen-bond donors (Lipinski definition) is 2. The van der Waals surface area contributed by atoms with Crippen LogP contribution in [0.15, 0.2) is 72.8 Å². The first kappa shape index (κ1) is 16.5. The lowest BCUT2D eigenvalue weighted by molar-refractivity contribution is 0.0630. The van der Waals surface area contributed by atoms with Gasteiger partial charge in [-0.15, -0.1) is 0 Å². The summed E-state index contributed by atoms with van der Waals surface area (Å²) in [5, 5.41) is 20.8. The van der Waals surface area contributed by atoms with E-state index in [2.05, 4.69) is 0 Å². The topological polar surface area (TPSA) is 58.9 Å². The van der Waals surface area contributed by atoms with Gasteiger partial charge in [0.25, 0.3) is 0 Å². The van der Waals surface area contributed by atoms with E-state index in [4.69, 9.17) is 9.47 Å². The molecule has 4 nitrogen and oxygen atoms in total. The molecule has 0 spiro atoms. The maximum Gasteiger partial charge on any atom is 0.133 e. The standard InChI is InChI=1S/C22H20O4/c23-18-11-17(25-14-15-7-3-1-4-8-15)12-21-22(18)19(24)13-20(26-21)16-9-5-2-6-10-16/h1-12,19-20,23-24H,13-14H2. The molecule has 1 heterocycles. The number of aliphatic hydroxyl groups is 1. The minimum absolute atomic E-state index is 0.00965. The van der Waals surface area contributed by atoms with Crippen LogP contribution in [0.25, 0.3) is 0 Å². The highest BCUT2D eigenvalue weighted by molar-refractivity contribution is 5.52. The van der Waals surface area contributed by atoms with Crippen LogP contribution in [0, 0.1) is 0 Å². The van der Waals surface area contributed by atoms with Gasteiger partial charge in [0, 0.05) is 18.6 Å². The van der Waals surface area contributed by atoms with Gasteiger partial charge in [-0.3, -0.25) is 0 Å². The summed E-state index contributed by atoms with van der Waals surface area (Å²) in [5.41, 5.74) is 2.45. The molecular formula is C22H20O4. The fourth-order valence-electron chi connectivity index (χ4n) is 3.24. The van der Waals surface area contributed by atoms with Crippen molar-refractivity contribution in [1.82, 2.24) is 0 Å². The molecule has 0 radical (unpaired) electrons. The van der Waals surface area contributed by atoms with Crippen molar-refractivity contribution < 1.29 is 19.7 Å². The highest BCUT2D eigenvalue weighted by Crippen LogP contribution is 2.46. The number of phenolic OH excluding ortho intramolecular Hbond substituents is 1. The molecule has 0 aliphatic carbocycles. The van der Waals surface area contributed by atoms with Crippen molar-refractivity contribution in [2.24, 2.45) is 0 Å². The summed E-state index contributed by atoms with van der Waals surface area (Å²) >= 11 is 0. The van der Waals surface area contributed by atoms with Gasteiger partial charge in [0.15, 0.2) is 0 Å². The van der Waals surface area contributed by atoms with Crippen LogP contribution in [0.2, 0.25) is 0 Å². The van der Waals surface area contributed by atoms with Crippen LogP contribution >= 0.6 is 0 Å². The van der Waals surface area contributed by atoms with Gasteiger partial charge in [-0.2, -0.15) is 0 Å².